The van der Waals surface area contributed by atoms with Crippen LogP contribution in [0.4, 0.5) is 0 Å². The molecule has 0 saturated carbocycles. The summed E-state index contributed by atoms with van der Waals surface area (Å²) in [5.41, 5.74) is 6.36. The number of hydrogen-bond donors (Lipinski definition) is 0. The van der Waals surface area contributed by atoms with Gasteiger partial charge < -0.3 is 0 Å². The zero-order chi connectivity index (χ0) is 18.8. The molecule has 26 heavy (non-hydrogen) atoms. The van der Waals surface area contributed by atoms with Crippen molar-refractivity contribution < 1.29 is 0 Å². The Morgan fingerprint density at radius 1 is 0.615 bits per heavy atom. The molecule has 0 heterocycles. The van der Waals surface area contributed by atoms with E-state index in [1.807, 2.05) is 88.4 Å². The van der Waals surface area contributed by atoms with Gasteiger partial charge in [-0.3, -0.25) is 9.59 Å². The van der Waals surface area contributed by atoms with Crippen molar-refractivity contribution in [3.05, 3.63) is 102 Å². The number of allylic oxidation sites excluding steroid dienone is 2. The summed E-state index contributed by atoms with van der Waals surface area (Å²) in [5.74, 6) is 0. The second kappa shape index (κ2) is 7.09. The van der Waals surface area contributed by atoms with Gasteiger partial charge in [-0.05, 0) is 50.0 Å². The molecule has 0 aliphatic carbocycles. The van der Waals surface area contributed by atoms with Crippen molar-refractivity contribution in [2.24, 2.45) is 0 Å². The summed E-state index contributed by atoms with van der Waals surface area (Å²) in [6.45, 7) is 7.85. The van der Waals surface area contributed by atoms with E-state index in [0.717, 1.165) is 22.3 Å². The first-order valence-corrected chi connectivity index (χ1v) is 8.71. The van der Waals surface area contributed by atoms with Crippen molar-refractivity contribution in [1.82, 2.24) is 0 Å². The fourth-order valence-corrected chi connectivity index (χ4v) is 3.11. The predicted octanol–water partition coefficient (Wildman–Crippen LogP) is 5.02. The Labute approximate surface area is 153 Å². The zero-order valence-electron chi connectivity index (χ0n) is 15.6. The normalized spacial score (nSPS) is 12.6. The second-order valence-corrected chi connectivity index (χ2v) is 6.88. The summed E-state index contributed by atoms with van der Waals surface area (Å²) in [7, 11) is 0. The lowest BCUT2D eigenvalue weighted by Gasteiger charge is -2.12. The number of aryl methyl sites for hydroxylation is 2. The Hall–Kier alpha value is -3.00. The van der Waals surface area contributed by atoms with Crippen LogP contribution in [-0.4, -0.2) is 0 Å². The first-order chi connectivity index (χ1) is 12.4. The highest BCUT2D eigenvalue weighted by molar-refractivity contribution is 5.92. The summed E-state index contributed by atoms with van der Waals surface area (Å²) in [6, 6.07) is 16.2. The van der Waals surface area contributed by atoms with Gasteiger partial charge in [-0.2, -0.15) is 0 Å². The Bertz CT molecular complexity index is 980. The second-order valence-electron chi connectivity index (χ2n) is 6.88. The molecule has 0 aliphatic rings. The Morgan fingerprint density at radius 3 is 1.23 bits per heavy atom. The van der Waals surface area contributed by atoms with E-state index >= 15 is 0 Å². The van der Waals surface area contributed by atoms with E-state index in [0.29, 0.717) is 11.1 Å². The van der Waals surface area contributed by atoms with Crippen LogP contribution in [0.2, 0.25) is 0 Å². The third-order valence-electron chi connectivity index (χ3n) is 4.62. The van der Waals surface area contributed by atoms with Crippen LogP contribution in [0.5, 0.6) is 0 Å². The molecule has 0 aromatic heterocycles. The summed E-state index contributed by atoms with van der Waals surface area (Å²) in [6.07, 6.45) is 3.91. The topological polar surface area (TPSA) is 34.1 Å². The molecule has 0 saturated heterocycles. The van der Waals surface area contributed by atoms with Gasteiger partial charge >= 0.3 is 0 Å². The molecule has 0 fully saturated rings. The molecule has 0 atom stereocenters. The molecule has 130 valence electrons. The quantitative estimate of drug-likeness (QED) is 0.624. The van der Waals surface area contributed by atoms with E-state index in [1.165, 1.54) is 11.1 Å². The Kier molecular flexibility index (Phi) is 4.85. The minimum absolute atomic E-state index is 0.391. The minimum Gasteiger partial charge on any atom is -0.285 e. The van der Waals surface area contributed by atoms with E-state index in [1.54, 1.807) is 0 Å². The van der Waals surface area contributed by atoms with Gasteiger partial charge in [0.2, 0.25) is 10.9 Å². The molecule has 2 heteroatoms. The highest BCUT2D eigenvalue weighted by atomic mass is 16.2. The maximum atomic E-state index is 12.2. The van der Waals surface area contributed by atoms with Gasteiger partial charge in [0.1, 0.15) is 0 Å². The molecule has 0 radical (unpaired) electrons. The van der Waals surface area contributed by atoms with Crippen LogP contribution >= 0.6 is 0 Å². The average molecular weight is 342 g/mol. The van der Waals surface area contributed by atoms with Crippen molar-refractivity contribution in [2.75, 3.05) is 0 Å². The average Bonchev–Trinajstić information content (AvgIpc) is 2.62. The van der Waals surface area contributed by atoms with Gasteiger partial charge in [0.15, 0.2) is 0 Å². The van der Waals surface area contributed by atoms with Crippen molar-refractivity contribution in [1.29, 1.82) is 0 Å². The van der Waals surface area contributed by atoms with Gasteiger partial charge in [-0.1, -0.05) is 71.8 Å². The fourth-order valence-electron chi connectivity index (χ4n) is 3.11. The minimum atomic E-state index is -0.391. The van der Waals surface area contributed by atoms with Crippen LogP contribution in [0.1, 0.15) is 47.2 Å². The molecular weight excluding hydrogens is 320 g/mol. The third kappa shape index (κ3) is 3.50. The van der Waals surface area contributed by atoms with Crippen LogP contribution in [0.25, 0.3) is 23.3 Å². The molecule has 0 bridgehead atoms. The van der Waals surface area contributed by atoms with Crippen molar-refractivity contribution in [2.45, 2.75) is 27.7 Å². The summed E-state index contributed by atoms with van der Waals surface area (Å²) in [4.78, 5) is 24.4. The predicted molar refractivity (Wildman–Crippen MR) is 111 cm³/mol. The van der Waals surface area contributed by atoms with E-state index in [4.69, 9.17) is 0 Å². The standard InChI is InChI=1S/C24H22O2/c1-15-5-9-19(10-6-15)13-17(3)21-22(24(26)23(21)25)18(4)14-20-11-7-16(2)8-12-20/h5-14H,1-4H3/b17-13+,18-14+. The van der Waals surface area contributed by atoms with Crippen molar-refractivity contribution >= 4 is 23.3 Å². The molecule has 2 nitrogen and oxygen atoms in total. The molecule has 0 N–H and O–H groups in total. The van der Waals surface area contributed by atoms with Crippen molar-refractivity contribution in [3.8, 4) is 0 Å². The lowest BCUT2D eigenvalue weighted by molar-refractivity contribution is 1.30. The van der Waals surface area contributed by atoms with Crippen LogP contribution in [0.15, 0.2) is 58.1 Å². The zero-order valence-corrected chi connectivity index (χ0v) is 15.6. The van der Waals surface area contributed by atoms with Gasteiger partial charge in [0, 0.05) is 11.1 Å². The first-order valence-electron chi connectivity index (χ1n) is 8.71. The summed E-state index contributed by atoms with van der Waals surface area (Å²) >= 11 is 0. The van der Waals surface area contributed by atoms with Crippen molar-refractivity contribution in [3.63, 3.8) is 0 Å². The number of hydrogen-bond acceptors (Lipinski definition) is 2. The van der Waals surface area contributed by atoms with Gasteiger partial charge in [-0.25, -0.2) is 0 Å². The fraction of sp³-hybridized carbons (Fsp3) is 0.167. The maximum Gasteiger partial charge on any atom is 0.234 e. The highest BCUT2D eigenvalue weighted by Gasteiger charge is 2.22. The lowest BCUT2D eigenvalue weighted by atomic mass is 9.88. The molecule has 0 spiro atoms. The maximum absolute atomic E-state index is 12.2. The molecule has 3 aromatic carbocycles. The van der Waals surface area contributed by atoms with E-state index in [2.05, 4.69) is 0 Å². The first kappa shape index (κ1) is 17.8. The molecule has 0 unspecified atom stereocenters. The van der Waals surface area contributed by atoms with E-state index in [9.17, 15) is 9.59 Å². The molecular formula is C24H22O2. The number of rotatable bonds is 4. The SMILES string of the molecule is C/C(=C\c1ccc(C)cc1)c1c(/C(C)=C/c2ccc(C)cc2)c(=O)c1=O. The summed E-state index contributed by atoms with van der Waals surface area (Å²) in [5, 5.41) is 0. The van der Waals surface area contributed by atoms with Crippen LogP contribution < -0.4 is 10.9 Å². The Morgan fingerprint density at radius 2 is 0.923 bits per heavy atom. The highest BCUT2D eigenvalue weighted by Crippen LogP contribution is 2.25. The lowest BCUT2D eigenvalue weighted by Crippen LogP contribution is -2.38. The number of benzene rings is 2. The van der Waals surface area contributed by atoms with E-state index < -0.39 is 10.9 Å². The van der Waals surface area contributed by atoms with E-state index in [-0.39, 0.29) is 0 Å². The van der Waals surface area contributed by atoms with Gasteiger partial charge in [-0.15, -0.1) is 0 Å². The largest absolute Gasteiger partial charge is 0.285 e. The van der Waals surface area contributed by atoms with Crippen LogP contribution in [0, 0.1) is 13.8 Å². The smallest absolute Gasteiger partial charge is 0.234 e. The molecule has 0 aliphatic heterocycles. The Balaban J connectivity index is 1.99. The van der Waals surface area contributed by atoms with Gasteiger partial charge in [0.05, 0.1) is 0 Å². The monoisotopic (exact) mass is 342 g/mol. The van der Waals surface area contributed by atoms with Crippen LogP contribution in [0.3, 0.4) is 0 Å². The molecule has 0 amide bonds. The van der Waals surface area contributed by atoms with Crippen LogP contribution in [-0.2, 0) is 0 Å². The third-order valence-corrected chi connectivity index (χ3v) is 4.62. The molecule has 3 rings (SSSR count). The molecule has 3 aromatic rings. The van der Waals surface area contributed by atoms with Gasteiger partial charge in [0.25, 0.3) is 0 Å². The summed E-state index contributed by atoms with van der Waals surface area (Å²) < 4.78 is 0.